The molecule has 0 aromatic heterocycles. The fourth-order valence-corrected chi connectivity index (χ4v) is 4.63. The first-order valence-corrected chi connectivity index (χ1v) is 11.7. The van der Waals surface area contributed by atoms with Gasteiger partial charge in [0.05, 0.1) is 24.7 Å². The highest BCUT2D eigenvalue weighted by Gasteiger charge is 2.35. The molecule has 0 saturated carbocycles. The molecule has 168 valence electrons. The van der Waals surface area contributed by atoms with Gasteiger partial charge in [-0.2, -0.15) is 0 Å². The van der Waals surface area contributed by atoms with Crippen molar-refractivity contribution in [1.29, 1.82) is 0 Å². The summed E-state index contributed by atoms with van der Waals surface area (Å²) < 4.78 is 11.6. The molecular formula is C24H23Cl2NO4S. The third-order valence-electron chi connectivity index (χ3n) is 4.66. The van der Waals surface area contributed by atoms with Crippen LogP contribution in [0.1, 0.15) is 30.5 Å². The molecule has 1 heterocycles. The van der Waals surface area contributed by atoms with Gasteiger partial charge in [0.1, 0.15) is 0 Å². The number of carbonyl (C=O) groups is 2. The van der Waals surface area contributed by atoms with Gasteiger partial charge in [-0.25, -0.2) is 0 Å². The third kappa shape index (κ3) is 5.31. The lowest BCUT2D eigenvalue weighted by Crippen LogP contribution is -2.27. The van der Waals surface area contributed by atoms with Crippen LogP contribution in [0.3, 0.4) is 0 Å². The molecule has 3 rings (SSSR count). The predicted octanol–water partition coefficient (Wildman–Crippen LogP) is 6.76. The fourth-order valence-electron chi connectivity index (χ4n) is 3.27. The molecular weight excluding hydrogens is 469 g/mol. The highest BCUT2D eigenvalue weighted by atomic mass is 35.5. The molecule has 0 N–H and O–H groups in total. The number of carbonyl (C=O) groups excluding carboxylic acids is 2. The predicted molar refractivity (Wildman–Crippen MR) is 131 cm³/mol. The van der Waals surface area contributed by atoms with Gasteiger partial charge in [-0.05, 0) is 67.9 Å². The van der Waals surface area contributed by atoms with Gasteiger partial charge in [0, 0.05) is 21.2 Å². The van der Waals surface area contributed by atoms with E-state index in [-0.39, 0.29) is 11.8 Å². The van der Waals surface area contributed by atoms with Crippen molar-refractivity contribution in [2.45, 2.75) is 26.8 Å². The molecule has 2 amide bonds. The lowest BCUT2D eigenvalue weighted by molar-refractivity contribution is -0.123. The molecule has 1 aliphatic heterocycles. The SMILES string of the molecule is C=CCc1cc(/C=C2/SC(=O)N(Cc3c(Cl)cccc3Cl)C2=O)cc(OCC)c1OCC. The van der Waals surface area contributed by atoms with Crippen molar-refractivity contribution in [3.63, 3.8) is 0 Å². The van der Waals surface area contributed by atoms with Crippen LogP contribution in [0.4, 0.5) is 4.79 Å². The van der Waals surface area contributed by atoms with Gasteiger partial charge >= 0.3 is 0 Å². The Morgan fingerprint density at radius 3 is 2.41 bits per heavy atom. The molecule has 1 saturated heterocycles. The summed E-state index contributed by atoms with van der Waals surface area (Å²) in [4.78, 5) is 27.0. The van der Waals surface area contributed by atoms with Crippen molar-refractivity contribution in [1.82, 2.24) is 4.90 Å². The van der Waals surface area contributed by atoms with Gasteiger partial charge in [0.15, 0.2) is 11.5 Å². The zero-order chi connectivity index (χ0) is 23.3. The molecule has 0 aliphatic carbocycles. The number of hydrogen-bond acceptors (Lipinski definition) is 5. The summed E-state index contributed by atoms with van der Waals surface area (Å²) in [6.07, 6.45) is 4.03. The average molecular weight is 492 g/mol. The highest BCUT2D eigenvalue weighted by Crippen LogP contribution is 2.38. The molecule has 1 aliphatic rings. The molecule has 5 nitrogen and oxygen atoms in total. The second kappa shape index (κ2) is 10.9. The number of thioether (sulfide) groups is 1. The van der Waals surface area contributed by atoms with E-state index in [2.05, 4.69) is 6.58 Å². The number of benzene rings is 2. The number of ether oxygens (including phenoxy) is 2. The molecule has 0 bridgehead atoms. The van der Waals surface area contributed by atoms with Gasteiger partial charge in [0.25, 0.3) is 11.1 Å². The van der Waals surface area contributed by atoms with Crippen LogP contribution in [-0.4, -0.2) is 29.3 Å². The van der Waals surface area contributed by atoms with Crippen molar-refractivity contribution < 1.29 is 19.1 Å². The molecule has 2 aromatic carbocycles. The minimum absolute atomic E-state index is 0.00962. The first kappa shape index (κ1) is 24.2. The summed E-state index contributed by atoms with van der Waals surface area (Å²) in [6, 6.07) is 8.78. The van der Waals surface area contributed by atoms with E-state index in [1.165, 1.54) is 0 Å². The molecule has 0 unspecified atom stereocenters. The van der Waals surface area contributed by atoms with Crippen molar-refractivity contribution >= 4 is 52.2 Å². The Bertz CT molecular complexity index is 1060. The minimum Gasteiger partial charge on any atom is -0.490 e. The second-order valence-corrected chi connectivity index (χ2v) is 8.64. The van der Waals surface area contributed by atoms with Crippen molar-refractivity contribution in [3.8, 4) is 11.5 Å². The Labute approximate surface area is 202 Å². The standard InChI is InChI=1S/C24H23Cl2NO4S/c1-4-8-16-11-15(12-20(30-5-2)22(16)31-6-3)13-21-23(28)27(24(29)32-21)14-17-18(25)9-7-10-19(17)26/h4,7,9-13H,1,5-6,8,14H2,2-3H3/b21-13+. The lowest BCUT2D eigenvalue weighted by atomic mass is 10.0. The van der Waals surface area contributed by atoms with Gasteiger partial charge in [-0.3, -0.25) is 14.5 Å². The van der Waals surface area contributed by atoms with Crippen LogP contribution in [0, 0.1) is 0 Å². The van der Waals surface area contributed by atoms with E-state index in [0.29, 0.717) is 51.6 Å². The Morgan fingerprint density at radius 2 is 1.78 bits per heavy atom. The van der Waals surface area contributed by atoms with Gasteiger partial charge < -0.3 is 9.47 Å². The van der Waals surface area contributed by atoms with Crippen LogP contribution in [0.25, 0.3) is 6.08 Å². The topological polar surface area (TPSA) is 55.8 Å². The smallest absolute Gasteiger partial charge is 0.293 e. The van der Waals surface area contributed by atoms with Gasteiger partial charge in [-0.15, -0.1) is 6.58 Å². The molecule has 1 fully saturated rings. The Kier molecular flexibility index (Phi) is 8.29. The fraction of sp³-hybridized carbons (Fsp3) is 0.250. The number of rotatable bonds is 9. The van der Waals surface area contributed by atoms with Crippen LogP contribution in [0.5, 0.6) is 11.5 Å². The van der Waals surface area contributed by atoms with Crippen LogP contribution in [0.2, 0.25) is 10.0 Å². The van der Waals surface area contributed by atoms with E-state index in [1.54, 1.807) is 36.4 Å². The number of hydrogen-bond donors (Lipinski definition) is 0. The number of allylic oxidation sites excluding steroid dienone is 1. The van der Waals surface area contributed by atoms with E-state index < -0.39 is 5.91 Å². The number of imide groups is 1. The Morgan fingerprint density at radius 1 is 1.09 bits per heavy atom. The maximum absolute atomic E-state index is 13.0. The van der Waals surface area contributed by atoms with Crippen LogP contribution in [-0.2, 0) is 17.8 Å². The quantitative estimate of drug-likeness (QED) is 0.286. The van der Waals surface area contributed by atoms with E-state index in [4.69, 9.17) is 32.7 Å². The van der Waals surface area contributed by atoms with Gasteiger partial charge in [-0.1, -0.05) is 35.3 Å². The third-order valence-corrected chi connectivity index (χ3v) is 6.27. The maximum atomic E-state index is 13.0. The number of amides is 2. The largest absolute Gasteiger partial charge is 0.490 e. The summed E-state index contributed by atoms with van der Waals surface area (Å²) in [5.41, 5.74) is 2.16. The summed E-state index contributed by atoms with van der Waals surface area (Å²) in [6.45, 7) is 8.57. The number of nitrogens with zero attached hydrogens (tertiary/aromatic N) is 1. The summed E-state index contributed by atoms with van der Waals surface area (Å²) >= 11 is 13.3. The van der Waals surface area contributed by atoms with E-state index in [1.807, 2.05) is 19.9 Å². The first-order chi connectivity index (χ1) is 15.4. The molecule has 2 aromatic rings. The molecule has 32 heavy (non-hydrogen) atoms. The van der Waals surface area contributed by atoms with Crippen LogP contribution >= 0.6 is 35.0 Å². The molecule has 0 radical (unpaired) electrons. The summed E-state index contributed by atoms with van der Waals surface area (Å²) in [7, 11) is 0. The molecule has 0 spiro atoms. The Hall–Kier alpha value is -2.41. The van der Waals surface area contributed by atoms with Crippen molar-refractivity contribution in [2.75, 3.05) is 13.2 Å². The van der Waals surface area contributed by atoms with E-state index in [9.17, 15) is 9.59 Å². The zero-order valence-electron chi connectivity index (χ0n) is 17.8. The first-order valence-electron chi connectivity index (χ1n) is 10.1. The zero-order valence-corrected chi connectivity index (χ0v) is 20.1. The maximum Gasteiger partial charge on any atom is 0.293 e. The number of halogens is 2. The highest BCUT2D eigenvalue weighted by molar-refractivity contribution is 8.18. The molecule has 0 atom stereocenters. The van der Waals surface area contributed by atoms with Crippen molar-refractivity contribution in [3.05, 3.63) is 74.6 Å². The summed E-state index contributed by atoms with van der Waals surface area (Å²) in [5.74, 6) is 0.850. The minimum atomic E-state index is -0.395. The monoisotopic (exact) mass is 491 g/mol. The van der Waals surface area contributed by atoms with E-state index >= 15 is 0 Å². The second-order valence-electron chi connectivity index (χ2n) is 6.83. The average Bonchev–Trinajstić information content (AvgIpc) is 3.00. The van der Waals surface area contributed by atoms with E-state index in [0.717, 1.165) is 27.8 Å². The van der Waals surface area contributed by atoms with Crippen molar-refractivity contribution in [2.24, 2.45) is 0 Å². The van der Waals surface area contributed by atoms with Crippen LogP contribution in [0.15, 0.2) is 47.9 Å². The summed E-state index contributed by atoms with van der Waals surface area (Å²) in [5, 5.41) is 0.435. The normalized spacial score (nSPS) is 14.9. The lowest BCUT2D eigenvalue weighted by Gasteiger charge is -2.16. The van der Waals surface area contributed by atoms with Crippen LogP contribution < -0.4 is 9.47 Å². The van der Waals surface area contributed by atoms with Gasteiger partial charge in [0.2, 0.25) is 0 Å². The molecule has 8 heteroatoms. The Balaban J connectivity index is 1.95.